The number of hydrogen-bond donors (Lipinski definition) is 1. The minimum absolute atomic E-state index is 0.0601. The first-order valence-corrected chi connectivity index (χ1v) is 9.20. The van der Waals surface area contributed by atoms with Crippen LogP contribution in [0.4, 0.5) is 10.1 Å². The van der Waals surface area contributed by atoms with E-state index in [1.165, 1.54) is 35.0 Å². The second kappa shape index (κ2) is 8.12. The van der Waals surface area contributed by atoms with Crippen molar-refractivity contribution in [2.75, 3.05) is 5.32 Å². The lowest BCUT2D eigenvalue weighted by atomic mass is 10.2. The molecular formula is C22H17FN4O3. The monoisotopic (exact) mass is 404 g/mol. The van der Waals surface area contributed by atoms with Gasteiger partial charge in [-0.1, -0.05) is 30.3 Å². The Morgan fingerprint density at radius 3 is 2.40 bits per heavy atom. The molecular weight excluding hydrogens is 387 g/mol. The zero-order valence-electron chi connectivity index (χ0n) is 15.8. The number of hydrogen-bond acceptors (Lipinski definition) is 4. The number of pyridine rings is 1. The van der Waals surface area contributed by atoms with Crippen molar-refractivity contribution in [1.29, 1.82) is 0 Å². The minimum Gasteiger partial charge on any atom is -0.325 e. The zero-order valence-corrected chi connectivity index (χ0v) is 15.8. The van der Waals surface area contributed by atoms with E-state index >= 15 is 0 Å². The summed E-state index contributed by atoms with van der Waals surface area (Å²) in [7, 11) is 0. The Morgan fingerprint density at radius 2 is 1.67 bits per heavy atom. The Kier molecular flexibility index (Phi) is 5.21. The molecule has 0 atom stereocenters. The van der Waals surface area contributed by atoms with Crippen LogP contribution in [0.25, 0.3) is 11.0 Å². The molecule has 0 saturated carbocycles. The molecule has 2 aromatic carbocycles. The van der Waals surface area contributed by atoms with Gasteiger partial charge in [-0.05, 0) is 42.0 Å². The molecule has 1 amide bonds. The van der Waals surface area contributed by atoms with Gasteiger partial charge in [-0.15, -0.1) is 0 Å². The molecule has 0 bridgehead atoms. The summed E-state index contributed by atoms with van der Waals surface area (Å²) < 4.78 is 15.3. The molecule has 150 valence electrons. The van der Waals surface area contributed by atoms with Crippen molar-refractivity contribution >= 4 is 22.6 Å². The lowest BCUT2D eigenvalue weighted by Crippen LogP contribution is -2.42. The number of aromatic nitrogens is 3. The highest BCUT2D eigenvalue weighted by molar-refractivity contribution is 5.91. The number of rotatable bonds is 5. The van der Waals surface area contributed by atoms with E-state index in [0.717, 1.165) is 10.1 Å². The molecule has 0 unspecified atom stereocenters. The average Bonchev–Trinajstić information content (AvgIpc) is 2.76. The van der Waals surface area contributed by atoms with Crippen LogP contribution in [0, 0.1) is 5.82 Å². The highest BCUT2D eigenvalue weighted by Gasteiger charge is 2.16. The SMILES string of the molecule is O=C(Cn1c(=O)n(Cc2ccccc2)c(=O)c2ncccc21)Nc1ccc(F)cc1. The maximum atomic E-state index is 13.1. The van der Waals surface area contributed by atoms with E-state index in [0.29, 0.717) is 5.69 Å². The smallest absolute Gasteiger partial charge is 0.325 e. The number of anilines is 1. The van der Waals surface area contributed by atoms with Gasteiger partial charge in [0, 0.05) is 11.9 Å². The summed E-state index contributed by atoms with van der Waals surface area (Å²) in [6.07, 6.45) is 1.46. The van der Waals surface area contributed by atoms with Crippen LogP contribution in [0.3, 0.4) is 0 Å². The fourth-order valence-electron chi connectivity index (χ4n) is 3.18. The molecule has 1 N–H and O–H groups in total. The van der Waals surface area contributed by atoms with E-state index in [1.54, 1.807) is 24.3 Å². The summed E-state index contributed by atoms with van der Waals surface area (Å²) in [6.45, 7) is -0.266. The first-order valence-electron chi connectivity index (χ1n) is 9.20. The van der Waals surface area contributed by atoms with Crippen molar-refractivity contribution in [3.8, 4) is 0 Å². The Bertz CT molecular complexity index is 1330. The molecule has 0 aliphatic heterocycles. The van der Waals surface area contributed by atoms with Crippen LogP contribution in [0.2, 0.25) is 0 Å². The van der Waals surface area contributed by atoms with Crippen molar-refractivity contribution in [1.82, 2.24) is 14.1 Å². The van der Waals surface area contributed by atoms with Crippen molar-refractivity contribution in [3.63, 3.8) is 0 Å². The van der Waals surface area contributed by atoms with E-state index < -0.39 is 23.0 Å². The molecule has 0 saturated heterocycles. The lowest BCUT2D eigenvalue weighted by Gasteiger charge is -2.14. The van der Waals surface area contributed by atoms with Crippen LogP contribution in [-0.2, 0) is 17.9 Å². The Hall–Kier alpha value is -4.07. The van der Waals surface area contributed by atoms with Gasteiger partial charge in [-0.3, -0.25) is 18.7 Å². The van der Waals surface area contributed by atoms with Gasteiger partial charge in [0.25, 0.3) is 5.56 Å². The number of carbonyl (C=O) groups is 1. The predicted molar refractivity (Wildman–Crippen MR) is 111 cm³/mol. The number of amides is 1. The third-order valence-corrected chi connectivity index (χ3v) is 4.60. The normalized spacial score (nSPS) is 10.8. The van der Waals surface area contributed by atoms with Crippen molar-refractivity contribution in [3.05, 3.63) is 105 Å². The Balaban J connectivity index is 1.74. The average molecular weight is 404 g/mol. The summed E-state index contributed by atoms with van der Waals surface area (Å²) in [5.74, 6) is -0.909. The molecule has 2 aromatic heterocycles. The van der Waals surface area contributed by atoms with Crippen LogP contribution >= 0.6 is 0 Å². The third kappa shape index (κ3) is 3.88. The third-order valence-electron chi connectivity index (χ3n) is 4.60. The summed E-state index contributed by atoms with van der Waals surface area (Å²) in [5, 5.41) is 2.62. The zero-order chi connectivity index (χ0) is 21.1. The molecule has 30 heavy (non-hydrogen) atoms. The maximum Gasteiger partial charge on any atom is 0.332 e. The van der Waals surface area contributed by atoms with E-state index in [9.17, 15) is 18.8 Å². The van der Waals surface area contributed by atoms with Crippen LogP contribution in [0.5, 0.6) is 0 Å². The number of benzene rings is 2. The molecule has 8 heteroatoms. The molecule has 7 nitrogen and oxygen atoms in total. The van der Waals surface area contributed by atoms with Crippen molar-refractivity contribution < 1.29 is 9.18 Å². The van der Waals surface area contributed by atoms with Gasteiger partial charge < -0.3 is 5.32 Å². The number of nitrogens with zero attached hydrogens (tertiary/aromatic N) is 3. The lowest BCUT2D eigenvalue weighted by molar-refractivity contribution is -0.116. The molecule has 0 aliphatic rings. The van der Waals surface area contributed by atoms with Gasteiger partial charge in [0.2, 0.25) is 5.91 Å². The highest BCUT2D eigenvalue weighted by Crippen LogP contribution is 2.10. The van der Waals surface area contributed by atoms with Crippen molar-refractivity contribution in [2.45, 2.75) is 13.1 Å². The van der Waals surface area contributed by atoms with Crippen LogP contribution in [0.1, 0.15) is 5.56 Å². The quantitative estimate of drug-likeness (QED) is 0.553. The van der Waals surface area contributed by atoms with Crippen LogP contribution < -0.4 is 16.6 Å². The second-order valence-electron chi connectivity index (χ2n) is 6.67. The van der Waals surface area contributed by atoms with Gasteiger partial charge in [-0.2, -0.15) is 0 Å². The largest absolute Gasteiger partial charge is 0.332 e. The van der Waals surface area contributed by atoms with Crippen molar-refractivity contribution in [2.24, 2.45) is 0 Å². The Labute approximate surface area is 170 Å². The molecule has 0 radical (unpaired) electrons. The van der Waals surface area contributed by atoms with Gasteiger partial charge in [0.1, 0.15) is 12.4 Å². The highest BCUT2D eigenvalue weighted by atomic mass is 19.1. The summed E-state index contributed by atoms with van der Waals surface area (Å²) in [4.78, 5) is 42.6. The molecule has 4 aromatic rings. The fraction of sp³-hybridized carbons (Fsp3) is 0.0909. The number of fused-ring (bicyclic) bond motifs is 1. The van der Waals surface area contributed by atoms with E-state index in [4.69, 9.17) is 0 Å². The van der Waals surface area contributed by atoms with E-state index in [-0.39, 0.29) is 24.1 Å². The minimum atomic E-state index is -0.612. The van der Waals surface area contributed by atoms with E-state index in [1.807, 2.05) is 18.2 Å². The maximum absolute atomic E-state index is 13.1. The van der Waals surface area contributed by atoms with Crippen LogP contribution in [-0.4, -0.2) is 20.0 Å². The summed E-state index contributed by atoms with van der Waals surface area (Å²) in [5.41, 5.74) is 0.408. The predicted octanol–water partition coefficient (Wildman–Crippen LogP) is 2.38. The summed E-state index contributed by atoms with van der Waals surface area (Å²) >= 11 is 0. The summed E-state index contributed by atoms with van der Waals surface area (Å²) in [6, 6.07) is 17.5. The van der Waals surface area contributed by atoms with E-state index in [2.05, 4.69) is 10.3 Å². The fourth-order valence-corrected chi connectivity index (χ4v) is 3.18. The molecule has 2 heterocycles. The number of nitrogens with one attached hydrogen (secondary N) is 1. The first-order chi connectivity index (χ1) is 14.5. The number of carbonyl (C=O) groups excluding carboxylic acids is 1. The molecule has 0 aliphatic carbocycles. The van der Waals surface area contributed by atoms with Gasteiger partial charge in [0.15, 0.2) is 5.52 Å². The Morgan fingerprint density at radius 1 is 0.933 bits per heavy atom. The second-order valence-corrected chi connectivity index (χ2v) is 6.67. The molecule has 0 fully saturated rings. The topological polar surface area (TPSA) is 86.0 Å². The standard InChI is InChI=1S/C22H17FN4O3/c23-16-8-10-17(11-9-16)25-19(28)14-26-18-7-4-12-24-20(18)21(29)27(22(26)30)13-15-5-2-1-3-6-15/h1-12H,13-14H2,(H,25,28). The van der Waals surface area contributed by atoms with Gasteiger partial charge >= 0.3 is 5.69 Å². The number of halogens is 1. The first kappa shape index (κ1) is 19.3. The van der Waals surface area contributed by atoms with Gasteiger partial charge in [0.05, 0.1) is 12.1 Å². The molecule has 4 rings (SSSR count). The van der Waals surface area contributed by atoms with Crippen LogP contribution in [0.15, 0.2) is 82.5 Å². The van der Waals surface area contributed by atoms with Gasteiger partial charge in [-0.25, -0.2) is 14.2 Å². The molecule has 0 spiro atoms.